The predicted octanol–water partition coefficient (Wildman–Crippen LogP) is 4.72. The fraction of sp³-hybridized carbons (Fsp3) is 0.235. The van der Waals surface area contributed by atoms with E-state index >= 15 is 0 Å². The number of nitrogens with zero attached hydrogens (tertiary/aromatic N) is 1. The first-order valence-electron chi connectivity index (χ1n) is 7.15. The van der Waals surface area contributed by atoms with Crippen LogP contribution in [-0.2, 0) is 12.7 Å². The van der Waals surface area contributed by atoms with Gasteiger partial charge in [0.2, 0.25) is 0 Å². The van der Waals surface area contributed by atoms with E-state index in [1.54, 1.807) is 7.05 Å². The molecule has 1 heterocycles. The molecule has 0 saturated heterocycles. The van der Waals surface area contributed by atoms with Crippen molar-refractivity contribution in [1.29, 1.82) is 0 Å². The molecule has 0 bridgehead atoms. The van der Waals surface area contributed by atoms with E-state index in [1.165, 1.54) is 28.4 Å². The van der Waals surface area contributed by atoms with Crippen molar-refractivity contribution in [2.75, 3.05) is 13.6 Å². The predicted molar refractivity (Wildman–Crippen MR) is 95.2 cm³/mol. The molecule has 0 atom stereocenters. The monoisotopic (exact) mass is 430 g/mol. The second kappa shape index (κ2) is 8.41. The van der Waals surface area contributed by atoms with Crippen molar-refractivity contribution in [2.24, 2.45) is 0 Å². The van der Waals surface area contributed by atoms with Crippen LogP contribution in [0.3, 0.4) is 0 Å². The van der Waals surface area contributed by atoms with E-state index in [0.717, 1.165) is 20.8 Å². The number of thiophene rings is 1. The summed E-state index contributed by atoms with van der Waals surface area (Å²) in [5.74, 6) is 5.27. The molecule has 132 valence electrons. The van der Waals surface area contributed by atoms with Crippen molar-refractivity contribution in [3.63, 3.8) is 0 Å². The minimum Gasteiger partial charge on any atom is -0.327 e. The fourth-order valence-corrected chi connectivity index (χ4v) is 3.45. The van der Waals surface area contributed by atoms with E-state index in [2.05, 4.69) is 33.1 Å². The molecule has 3 nitrogen and oxygen atoms in total. The molecule has 0 radical (unpaired) electrons. The van der Waals surface area contributed by atoms with Gasteiger partial charge in [-0.05, 0) is 46.3 Å². The molecule has 2 rings (SSSR count). The highest BCUT2D eigenvalue weighted by atomic mass is 79.9. The Morgan fingerprint density at radius 2 is 2.08 bits per heavy atom. The van der Waals surface area contributed by atoms with Crippen LogP contribution in [0.2, 0.25) is 0 Å². The number of halogens is 4. The molecule has 8 heteroatoms. The van der Waals surface area contributed by atoms with Crippen LogP contribution in [0.15, 0.2) is 40.2 Å². The van der Waals surface area contributed by atoms with Crippen LogP contribution in [0.25, 0.3) is 0 Å². The third-order valence-corrected chi connectivity index (χ3v) is 4.73. The van der Waals surface area contributed by atoms with Gasteiger partial charge in [-0.3, -0.25) is 0 Å². The summed E-state index contributed by atoms with van der Waals surface area (Å²) in [6, 6.07) is 8.30. The van der Waals surface area contributed by atoms with Crippen molar-refractivity contribution in [1.82, 2.24) is 10.2 Å². The molecule has 2 aromatic rings. The highest BCUT2D eigenvalue weighted by molar-refractivity contribution is 9.11. The molecule has 0 spiro atoms. The molecule has 0 aliphatic heterocycles. The lowest BCUT2D eigenvalue weighted by atomic mass is 10.1. The molecule has 1 aromatic carbocycles. The lowest BCUT2D eigenvalue weighted by Gasteiger charge is -2.15. The van der Waals surface area contributed by atoms with Gasteiger partial charge in [0.05, 0.1) is 22.4 Å². The van der Waals surface area contributed by atoms with Crippen molar-refractivity contribution < 1.29 is 18.0 Å². The number of amides is 2. The summed E-state index contributed by atoms with van der Waals surface area (Å²) in [6.45, 7) is 0.511. The third-order valence-electron chi connectivity index (χ3n) is 3.12. The summed E-state index contributed by atoms with van der Waals surface area (Å²) in [7, 11) is 1.66. The molecular weight excluding hydrogens is 417 g/mol. The summed E-state index contributed by atoms with van der Waals surface area (Å²) >= 11 is 4.90. The van der Waals surface area contributed by atoms with Crippen LogP contribution >= 0.6 is 27.3 Å². The number of hydrogen-bond acceptors (Lipinski definition) is 2. The summed E-state index contributed by atoms with van der Waals surface area (Å²) in [6.07, 6.45) is -4.40. The standard InChI is InChI=1S/C17H14BrF3N2OS/c1-23(11-14-7-8-15(18)25-14)16(24)22-9-3-5-12-4-2-6-13(10-12)17(19,20)21/h2,4,6-8,10H,9,11H2,1H3,(H,22,24). The van der Waals surface area contributed by atoms with Crippen molar-refractivity contribution >= 4 is 33.3 Å². The third kappa shape index (κ3) is 6.11. The fourth-order valence-electron chi connectivity index (χ4n) is 1.92. The number of nitrogens with one attached hydrogen (secondary N) is 1. The lowest BCUT2D eigenvalue weighted by molar-refractivity contribution is -0.137. The van der Waals surface area contributed by atoms with Crippen LogP contribution < -0.4 is 5.32 Å². The second-order valence-corrected chi connectivity index (χ2v) is 7.65. The number of urea groups is 1. The van der Waals surface area contributed by atoms with Gasteiger partial charge >= 0.3 is 12.2 Å². The van der Waals surface area contributed by atoms with Gasteiger partial charge in [-0.1, -0.05) is 17.9 Å². The van der Waals surface area contributed by atoms with E-state index in [1.807, 2.05) is 12.1 Å². The topological polar surface area (TPSA) is 32.3 Å². The minimum absolute atomic E-state index is 0.0492. The molecule has 0 unspecified atom stereocenters. The molecule has 0 saturated carbocycles. The van der Waals surface area contributed by atoms with E-state index < -0.39 is 11.7 Å². The van der Waals surface area contributed by atoms with Gasteiger partial charge in [0.15, 0.2) is 0 Å². The number of hydrogen-bond donors (Lipinski definition) is 1. The van der Waals surface area contributed by atoms with Crippen molar-refractivity contribution in [2.45, 2.75) is 12.7 Å². The Labute approximate surface area is 156 Å². The first-order chi connectivity index (χ1) is 11.8. The number of rotatable bonds is 3. The van der Waals surface area contributed by atoms with E-state index in [-0.39, 0.29) is 18.1 Å². The van der Waals surface area contributed by atoms with Crippen LogP contribution in [0.4, 0.5) is 18.0 Å². The number of benzene rings is 1. The molecule has 0 aliphatic rings. The van der Waals surface area contributed by atoms with Crippen LogP contribution in [0, 0.1) is 11.8 Å². The van der Waals surface area contributed by atoms with Crippen LogP contribution in [-0.4, -0.2) is 24.5 Å². The molecule has 2 amide bonds. The maximum atomic E-state index is 12.6. The largest absolute Gasteiger partial charge is 0.416 e. The highest BCUT2D eigenvalue weighted by Crippen LogP contribution is 2.29. The van der Waals surface area contributed by atoms with Gasteiger partial charge < -0.3 is 10.2 Å². The average molecular weight is 431 g/mol. The number of carbonyl (C=O) groups excluding carboxylic acids is 1. The van der Waals surface area contributed by atoms with Gasteiger partial charge in [0.25, 0.3) is 0 Å². The van der Waals surface area contributed by atoms with E-state index in [0.29, 0.717) is 6.54 Å². The summed E-state index contributed by atoms with van der Waals surface area (Å²) in [4.78, 5) is 14.5. The van der Waals surface area contributed by atoms with Crippen LogP contribution in [0.1, 0.15) is 16.0 Å². The van der Waals surface area contributed by atoms with E-state index in [4.69, 9.17) is 0 Å². The Morgan fingerprint density at radius 1 is 1.32 bits per heavy atom. The Bertz CT molecular complexity index is 808. The lowest BCUT2D eigenvalue weighted by Crippen LogP contribution is -2.36. The summed E-state index contributed by atoms with van der Waals surface area (Å²) in [5.41, 5.74) is -0.494. The molecule has 0 aliphatic carbocycles. The highest BCUT2D eigenvalue weighted by Gasteiger charge is 2.30. The molecular formula is C17H14BrF3N2OS. The van der Waals surface area contributed by atoms with Crippen molar-refractivity contribution in [3.05, 3.63) is 56.2 Å². The minimum atomic E-state index is -4.40. The van der Waals surface area contributed by atoms with E-state index in [9.17, 15) is 18.0 Å². The average Bonchev–Trinajstić information content (AvgIpc) is 2.95. The van der Waals surface area contributed by atoms with Gasteiger partial charge in [-0.15, -0.1) is 11.3 Å². The van der Waals surface area contributed by atoms with Gasteiger partial charge in [-0.25, -0.2) is 4.79 Å². The quantitative estimate of drug-likeness (QED) is 0.701. The Hall–Kier alpha value is -1.98. The van der Waals surface area contributed by atoms with Gasteiger partial charge in [0, 0.05) is 17.5 Å². The maximum absolute atomic E-state index is 12.6. The first-order valence-corrected chi connectivity index (χ1v) is 8.76. The first kappa shape index (κ1) is 19.3. The number of carbonyl (C=O) groups is 1. The Morgan fingerprint density at radius 3 is 2.72 bits per heavy atom. The zero-order valence-corrected chi connectivity index (χ0v) is 15.6. The summed E-state index contributed by atoms with van der Waals surface area (Å²) in [5, 5.41) is 2.61. The van der Waals surface area contributed by atoms with Crippen LogP contribution in [0.5, 0.6) is 0 Å². The molecule has 0 fully saturated rings. The Kier molecular flexibility index (Phi) is 6.51. The molecule has 1 N–H and O–H groups in total. The smallest absolute Gasteiger partial charge is 0.327 e. The second-order valence-electron chi connectivity index (χ2n) is 5.10. The normalized spacial score (nSPS) is 10.8. The molecule has 25 heavy (non-hydrogen) atoms. The van der Waals surface area contributed by atoms with Crippen molar-refractivity contribution in [3.8, 4) is 11.8 Å². The zero-order valence-electron chi connectivity index (χ0n) is 13.2. The number of alkyl halides is 3. The van der Waals surface area contributed by atoms with Gasteiger partial charge in [-0.2, -0.15) is 13.2 Å². The van der Waals surface area contributed by atoms with Gasteiger partial charge in [0.1, 0.15) is 0 Å². The SMILES string of the molecule is CN(Cc1ccc(Br)s1)C(=O)NCC#Cc1cccc(C(F)(F)F)c1. The summed E-state index contributed by atoms with van der Waals surface area (Å²) < 4.78 is 38.8. The maximum Gasteiger partial charge on any atom is 0.416 e. The molecule has 1 aromatic heterocycles. The zero-order chi connectivity index (χ0) is 18.4. The Balaban J connectivity index is 1.86.